The van der Waals surface area contributed by atoms with Gasteiger partial charge in [0.25, 0.3) is 5.91 Å². The summed E-state index contributed by atoms with van der Waals surface area (Å²) < 4.78 is 7.58. The molecule has 0 saturated carbocycles. The molecular weight excluding hydrogens is 447 g/mol. The van der Waals surface area contributed by atoms with Crippen LogP contribution in [0, 0.1) is 6.92 Å². The minimum Gasteiger partial charge on any atom is -0.376 e. The van der Waals surface area contributed by atoms with Crippen LogP contribution < -0.4 is 4.90 Å². The molecule has 4 rings (SSSR count). The zero-order chi connectivity index (χ0) is 19.1. The van der Waals surface area contributed by atoms with E-state index in [1.165, 1.54) is 22.7 Å². The summed E-state index contributed by atoms with van der Waals surface area (Å²) in [6, 6.07) is 5.38. The molecule has 0 spiro atoms. The number of anilines is 1. The number of aromatic nitrogens is 1. The van der Waals surface area contributed by atoms with E-state index in [1.807, 2.05) is 19.1 Å². The molecule has 1 fully saturated rings. The molecule has 9 heteroatoms. The van der Waals surface area contributed by atoms with E-state index in [9.17, 15) is 4.79 Å². The van der Waals surface area contributed by atoms with Crippen molar-refractivity contribution in [1.82, 2.24) is 4.98 Å². The van der Waals surface area contributed by atoms with Gasteiger partial charge in [0.1, 0.15) is 4.34 Å². The van der Waals surface area contributed by atoms with Gasteiger partial charge in [-0.3, -0.25) is 9.69 Å². The van der Waals surface area contributed by atoms with Gasteiger partial charge in [-0.2, -0.15) is 0 Å². The number of amides is 1. The minimum atomic E-state index is -0.221. The van der Waals surface area contributed by atoms with Crippen molar-refractivity contribution in [3.63, 3.8) is 0 Å². The van der Waals surface area contributed by atoms with Gasteiger partial charge in [0.15, 0.2) is 5.13 Å². The number of carbonyl (C=O) groups is 1. The predicted molar refractivity (Wildman–Crippen MR) is 114 cm³/mol. The number of aryl methyl sites for hydroxylation is 1. The van der Waals surface area contributed by atoms with Crippen molar-refractivity contribution in [2.45, 2.75) is 25.9 Å². The van der Waals surface area contributed by atoms with Gasteiger partial charge < -0.3 is 4.74 Å². The van der Waals surface area contributed by atoms with Crippen molar-refractivity contribution >= 4 is 78.7 Å². The van der Waals surface area contributed by atoms with E-state index in [0.717, 1.165) is 28.6 Å². The molecule has 1 aliphatic heterocycles. The van der Waals surface area contributed by atoms with Gasteiger partial charge in [-0.05, 0) is 43.5 Å². The second kappa shape index (κ2) is 7.85. The first-order valence-electron chi connectivity index (χ1n) is 8.38. The summed E-state index contributed by atoms with van der Waals surface area (Å²) in [5, 5.41) is 1.26. The molecule has 142 valence electrons. The lowest BCUT2D eigenvalue weighted by Crippen LogP contribution is -2.37. The fourth-order valence-corrected chi connectivity index (χ4v) is 5.71. The van der Waals surface area contributed by atoms with E-state index in [4.69, 9.17) is 44.5 Å². The van der Waals surface area contributed by atoms with Gasteiger partial charge >= 0.3 is 0 Å². The van der Waals surface area contributed by atoms with Crippen molar-refractivity contribution in [3.8, 4) is 0 Å². The molecule has 0 N–H and O–H groups in total. The molecule has 0 bridgehead atoms. The number of ether oxygens (including phenoxy) is 1. The lowest BCUT2D eigenvalue weighted by Gasteiger charge is -2.22. The maximum Gasteiger partial charge on any atom is 0.262 e. The zero-order valence-corrected chi connectivity index (χ0v) is 18.2. The first kappa shape index (κ1) is 19.4. The van der Waals surface area contributed by atoms with Gasteiger partial charge in [0.05, 0.1) is 32.8 Å². The lowest BCUT2D eigenvalue weighted by molar-refractivity contribution is 0.0918. The average Bonchev–Trinajstić information content (AvgIpc) is 3.35. The number of carbonyl (C=O) groups excluding carboxylic acids is 1. The third-order valence-electron chi connectivity index (χ3n) is 4.51. The van der Waals surface area contributed by atoms with Crippen LogP contribution in [0.2, 0.25) is 13.7 Å². The normalized spacial score (nSPS) is 17.0. The number of fused-ring (bicyclic) bond motifs is 1. The number of hydrogen-bond donors (Lipinski definition) is 0. The van der Waals surface area contributed by atoms with Crippen LogP contribution in [-0.4, -0.2) is 30.1 Å². The Balaban J connectivity index is 1.76. The Morgan fingerprint density at radius 2 is 2.15 bits per heavy atom. The third kappa shape index (κ3) is 3.84. The Bertz CT molecular complexity index is 1010. The van der Waals surface area contributed by atoms with E-state index in [1.54, 1.807) is 11.0 Å². The average molecular weight is 462 g/mol. The summed E-state index contributed by atoms with van der Waals surface area (Å²) in [5.74, 6) is -0.221. The summed E-state index contributed by atoms with van der Waals surface area (Å²) in [5.41, 5.74) is 2.10. The Kier molecular flexibility index (Phi) is 5.65. The second-order valence-corrected chi connectivity index (χ2v) is 10.0. The molecule has 1 saturated heterocycles. The fraction of sp³-hybridized carbons (Fsp3) is 0.333. The Morgan fingerprint density at radius 3 is 2.81 bits per heavy atom. The van der Waals surface area contributed by atoms with Crippen molar-refractivity contribution in [1.29, 1.82) is 0 Å². The molecule has 1 aliphatic rings. The number of benzene rings is 1. The SMILES string of the molecule is Cc1c(Cl)ccc2sc(N(CC3CCCO3)C(=O)c3cc(Cl)sc3Cl)nc12. The summed E-state index contributed by atoms with van der Waals surface area (Å²) in [6.45, 7) is 3.07. The van der Waals surface area contributed by atoms with E-state index in [2.05, 4.69) is 0 Å². The highest BCUT2D eigenvalue weighted by molar-refractivity contribution is 7.22. The number of hydrogen-bond acceptors (Lipinski definition) is 5. The van der Waals surface area contributed by atoms with Gasteiger partial charge in [-0.15, -0.1) is 11.3 Å². The molecule has 0 aliphatic carbocycles. The van der Waals surface area contributed by atoms with Crippen molar-refractivity contribution in [3.05, 3.63) is 43.0 Å². The van der Waals surface area contributed by atoms with Gasteiger partial charge in [0.2, 0.25) is 0 Å². The molecule has 3 heterocycles. The van der Waals surface area contributed by atoms with Crippen molar-refractivity contribution < 1.29 is 9.53 Å². The van der Waals surface area contributed by atoms with E-state index in [0.29, 0.717) is 37.5 Å². The van der Waals surface area contributed by atoms with Crippen LogP contribution in [-0.2, 0) is 4.74 Å². The van der Waals surface area contributed by atoms with E-state index >= 15 is 0 Å². The van der Waals surface area contributed by atoms with Gasteiger partial charge in [-0.1, -0.05) is 46.1 Å². The zero-order valence-electron chi connectivity index (χ0n) is 14.3. The van der Waals surface area contributed by atoms with E-state index < -0.39 is 0 Å². The minimum absolute atomic E-state index is 0.0152. The Hall–Kier alpha value is -0.890. The number of thiophene rings is 1. The molecule has 1 aromatic carbocycles. The molecule has 2 aromatic heterocycles. The highest BCUT2D eigenvalue weighted by Crippen LogP contribution is 2.37. The van der Waals surface area contributed by atoms with Crippen LogP contribution in [0.5, 0.6) is 0 Å². The summed E-state index contributed by atoms with van der Waals surface area (Å²) in [6.07, 6.45) is 1.89. The molecular formula is C18H15Cl3N2O2S2. The van der Waals surface area contributed by atoms with Crippen LogP contribution in [0.4, 0.5) is 5.13 Å². The van der Waals surface area contributed by atoms with Crippen LogP contribution in [0.3, 0.4) is 0 Å². The highest BCUT2D eigenvalue weighted by atomic mass is 35.5. The second-order valence-electron chi connectivity index (χ2n) is 6.30. The predicted octanol–water partition coefficient (Wildman–Crippen LogP) is 6.45. The third-order valence-corrected chi connectivity index (χ3v) is 7.45. The fourth-order valence-electron chi connectivity index (χ4n) is 3.08. The van der Waals surface area contributed by atoms with Crippen LogP contribution >= 0.6 is 57.5 Å². The molecule has 4 nitrogen and oxygen atoms in total. The number of nitrogens with zero attached hydrogens (tertiary/aromatic N) is 2. The molecule has 27 heavy (non-hydrogen) atoms. The quantitative estimate of drug-likeness (QED) is 0.448. The molecule has 1 unspecified atom stereocenters. The first-order chi connectivity index (χ1) is 12.9. The summed E-state index contributed by atoms with van der Waals surface area (Å²) in [7, 11) is 0. The van der Waals surface area contributed by atoms with E-state index in [-0.39, 0.29) is 12.0 Å². The largest absolute Gasteiger partial charge is 0.376 e. The van der Waals surface area contributed by atoms with Crippen LogP contribution in [0.15, 0.2) is 18.2 Å². The summed E-state index contributed by atoms with van der Waals surface area (Å²) >= 11 is 21.1. The highest BCUT2D eigenvalue weighted by Gasteiger charge is 2.29. The first-order valence-corrected chi connectivity index (χ1v) is 11.1. The topological polar surface area (TPSA) is 42.4 Å². The van der Waals surface area contributed by atoms with Crippen molar-refractivity contribution in [2.75, 3.05) is 18.1 Å². The monoisotopic (exact) mass is 460 g/mol. The molecule has 0 radical (unpaired) electrons. The Morgan fingerprint density at radius 1 is 1.33 bits per heavy atom. The standard InChI is InChI=1S/C18H15Cl3N2O2S2/c1-9-12(19)4-5-13-15(9)22-18(26-13)23(8-10-3-2-6-25-10)17(24)11-7-14(20)27-16(11)21/h4-5,7,10H,2-3,6,8H2,1H3. The van der Waals surface area contributed by atoms with Gasteiger partial charge in [0, 0.05) is 11.6 Å². The number of rotatable bonds is 4. The van der Waals surface area contributed by atoms with Crippen molar-refractivity contribution in [2.24, 2.45) is 0 Å². The number of halogens is 3. The smallest absolute Gasteiger partial charge is 0.262 e. The molecule has 1 amide bonds. The van der Waals surface area contributed by atoms with Gasteiger partial charge in [-0.25, -0.2) is 4.98 Å². The molecule has 1 atom stereocenters. The summed E-state index contributed by atoms with van der Waals surface area (Å²) in [4.78, 5) is 19.6. The number of thiazole rings is 1. The maximum atomic E-state index is 13.3. The Labute approximate surface area is 179 Å². The maximum absolute atomic E-state index is 13.3. The lowest BCUT2D eigenvalue weighted by atomic mass is 10.2. The van der Waals surface area contributed by atoms with Crippen LogP contribution in [0.25, 0.3) is 10.2 Å². The van der Waals surface area contributed by atoms with Crippen LogP contribution in [0.1, 0.15) is 28.8 Å². The molecule has 3 aromatic rings.